The molecule has 0 saturated heterocycles. The second kappa shape index (κ2) is 6.62. The number of carbonyl (C=O) groups is 1. The molecule has 0 fully saturated rings. The van der Waals surface area contributed by atoms with Crippen LogP contribution in [0.4, 0.5) is 0 Å². The van der Waals surface area contributed by atoms with E-state index in [1.165, 1.54) is 0 Å². The molecule has 0 aliphatic carbocycles. The Balaban J connectivity index is 2.62. The van der Waals surface area contributed by atoms with Gasteiger partial charge in [0, 0.05) is 17.5 Å². The Morgan fingerprint density at radius 1 is 1.33 bits per heavy atom. The van der Waals surface area contributed by atoms with Gasteiger partial charge < -0.3 is 0 Å². The zero-order chi connectivity index (χ0) is 10.9. The third kappa shape index (κ3) is 3.83. The second-order valence-corrected chi connectivity index (χ2v) is 3.19. The van der Waals surface area contributed by atoms with Gasteiger partial charge in [0.2, 0.25) is 0 Å². The summed E-state index contributed by atoms with van der Waals surface area (Å²) in [6.45, 7) is 3.65. The van der Waals surface area contributed by atoms with Crippen LogP contribution in [0.5, 0.6) is 0 Å². The average Bonchev–Trinajstić information content (AvgIpc) is 2.29. The number of benzene rings is 1. The maximum atomic E-state index is 10.7. The van der Waals surface area contributed by atoms with Crippen molar-refractivity contribution in [3.8, 4) is 11.8 Å². The number of carbonyl (C=O) groups excluding carboxylic acids is 1. The first-order chi connectivity index (χ1) is 7.38. The van der Waals surface area contributed by atoms with Crippen molar-refractivity contribution >= 4 is 6.29 Å². The molecule has 0 atom stereocenters. The molecule has 76 valence electrons. The van der Waals surface area contributed by atoms with Crippen molar-refractivity contribution in [2.45, 2.75) is 19.3 Å². The molecule has 0 heterocycles. The van der Waals surface area contributed by atoms with Gasteiger partial charge >= 0.3 is 0 Å². The van der Waals surface area contributed by atoms with Crippen LogP contribution in [-0.2, 0) is 0 Å². The van der Waals surface area contributed by atoms with Crippen molar-refractivity contribution in [2.75, 3.05) is 0 Å². The van der Waals surface area contributed by atoms with Crippen LogP contribution in [0, 0.1) is 11.8 Å². The van der Waals surface area contributed by atoms with E-state index in [0.29, 0.717) is 5.56 Å². The van der Waals surface area contributed by atoms with Crippen LogP contribution in [0.1, 0.15) is 35.2 Å². The fourth-order valence-electron chi connectivity index (χ4n) is 1.21. The van der Waals surface area contributed by atoms with Gasteiger partial charge in [0.25, 0.3) is 0 Å². The minimum absolute atomic E-state index is 0.661. The highest BCUT2D eigenvalue weighted by molar-refractivity contribution is 5.79. The number of unbranched alkanes of at least 4 members (excludes halogenated alkanes) is 2. The topological polar surface area (TPSA) is 17.1 Å². The molecule has 0 aliphatic rings. The summed E-state index contributed by atoms with van der Waals surface area (Å²) in [6.07, 6.45) is 5.60. The number of allylic oxidation sites excluding steroid dienone is 1. The highest BCUT2D eigenvalue weighted by Gasteiger charge is 1.94. The molecule has 1 nitrogen and oxygen atoms in total. The van der Waals surface area contributed by atoms with Gasteiger partial charge in [-0.3, -0.25) is 4.79 Å². The summed E-state index contributed by atoms with van der Waals surface area (Å²) in [4.78, 5) is 10.7. The fourth-order valence-corrected chi connectivity index (χ4v) is 1.21. The fraction of sp³-hybridized carbons (Fsp3) is 0.214. The molecule has 0 unspecified atom stereocenters. The highest BCUT2D eigenvalue weighted by Crippen LogP contribution is 2.04. The number of hydrogen-bond acceptors (Lipinski definition) is 1. The molecule has 1 rings (SSSR count). The Hall–Kier alpha value is -1.81. The number of rotatable bonds is 4. The van der Waals surface area contributed by atoms with Crippen molar-refractivity contribution < 1.29 is 4.79 Å². The predicted octanol–water partition coefficient (Wildman–Crippen LogP) is 3.21. The zero-order valence-corrected chi connectivity index (χ0v) is 8.70. The maximum absolute atomic E-state index is 10.7. The van der Waals surface area contributed by atoms with Crippen molar-refractivity contribution in [3.05, 3.63) is 48.0 Å². The van der Waals surface area contributed by atoms with Gasteiger partial charge in [-0.1, -0.05) is 36.1 Å². The van der Waals surface area contributed by atoms with E-state index in [0.717, 1.165) is 31.1 Å². The number of hydrogen-bond donors (Lipinski definition) is 0. The molecule has 0 spiro atoms. The summed E-state index contributed by atoms with van der Waals surface area (Å²) >= 11 is 0. The monoisotopic (exact) mass is 198 g/mol. The summed E-state index contributed by atoms with van der Waals surface area (Å²) in [5.41, 5.74) is 1.47. The largest absolute Gasteiger partial charge is 0.298 e. The van der Waals surface area contributed by atoms with Gasteiger partial charge in [-0.25, -0.2) is 0 Å². The Labute approximate surface area is 90.8 Å². The molecular weight excluding hydrogens is 184 g/mol. The first kappa shape index (κ1) is 11.3. The molecular formula is C14H14O. The Kier molecular flexibility index (Phi) is 4.97. The first-order valence-corrected chi connectivity index (χ1v) is 5.02. The lowest BCUT2D eigenvalue weighted by molar-refractivity contribution is 0.112. The van der Waals surface area contributed by atoms with E-state index < -0.39 is 0 Å². The van der Waals surface area contributed by atoms with E-state index in [4.69, 9.17) is 0 Å². The molecule has 15 heavy (non-hydrogen) atoms. The molecule has 0 N–H and O–H groups in total. The Morgan fingerprint density at radius 3 is 2.87 bits per heavy atom. The van der Waals surface area contributed by atoms with Crippen LogP contribution in [0.25, 0.3) is 0 Å². The molecule has 1 aromatic rings. The summed E-state index contributed by atoms with van der Waals surface area (Å²) in [7, 11) is 0. The molecule has 1 heteroatoms. The van der Waals surface area contributed by atoms with Crippen molar-refractivity contribution in [1.82, 2.24) is 0 Å². The highest BCUT2D eigenvalue weighted by atomic mass is 16.1. The van der Waals surface area contributed by atoms with Crippen LogP contribution < -0.4 is 0 Å². The van der Waals surface area contributed by atoms with E-state index >= 15 is 0 Å². The lowest BCUT2D eigenvalue weighted by Crippen LogP contribution is -1.85. The maximum Gasteiger partial charge on any atom is 0.151 e. The minimum atomic E-state index is 0.661. The van der Waals surface area contributed by atoms with E-state index in [1.54, 1.807) is 6.07 Å². The Morgan fingerprint density at radius 2 is 2.13 bits per heavy atom. The SMILES string of the molecule is C=CCCCC#Cc1ccccc1C=O. The van der Waals surface area contributed by atoms with Gasteiger partial charge in [0.15, 0.2) is 6.29 Å². The van der Waals surface area contributed by atoms with Crippen LogP contribution >= 0.6 is 0 Å². The lowest BCUT2D eigenvalue weighted by atomic mass is 10.1. The third-order valence-corrected chi connectivity index (χ3v) is 2.02. The molecule has 0 saturated carbocycles. The Bertz CT molecular complexity index is 393. The molecule has 0 radical (unpaired) electrons. The summed E-state index contributed by atoms with van der Waals surface area (Å²) < 4.78 is 0. The van der Waals surface area contributed by atoms with Gasteiger partial charge in [0.1, 0.15) is 0 Å². The smallest absolute Gasteiger partial charge is 0.151 e. The summed E-state index contributed by atoms with van der Waals surface area (Å²) in [6, 6.07) is 7.37. The first-order valence-electron chi connectivity index (χ1n) is 5.02. The van der Waals surface area contributed by atoms with Crippen LogP contribution in [-0.4, -0.2) is 6.29 Å². The average molecular weight is 198 g/mol. The van der Waals surface area contributed by atoms with E-state index in [-0.39, 0.29) is 0 Å². The van der Waals surface area contributed by atoms with Gasteiger partial charge in [-0.15, -0.1) is 6.58 Å². The quantitative estimate of drug-likeness (QED) is 0.314. The van der Waals surface area contributed by atoms with Crippen molar-refractivity contribution in [2.24, 2.45) is 0 Å². The zero-order valence-electron chi connectivity index (χ0n) is 8.70. The van der Waals surface area contributed by atoms with Gasteiger partial charge in [-0.05, 0) is 18.9 Å². The minimum Gasteiger partial charge on any atom is -0.298 e. The van der Waals surface area contributed by atoms with E-state index in [2.05, 4.69) is 18.4 Å². The van der Waals surface area contributed by atoms with Crippen LogP contribution in [0.2, 0.25) is 0 Å². The molecule has 1 aromatic carbocycles. The van der Waals surface area contributed by atoms with Crippen molar-refractivity contribution in [1.29, 1.82) is 0 Å². The van der Waals surface area contributed by atoms with Crippen LogP contribution in [0.3, 0.4) is 0 Å². The second-order valence-electron chi connectivity index (χ2n) is 3.19. The molecule has 0 aliphatic heterocycles. The normalized spacial score (nSPS) is 8.80. The molecule has 0 bridgehead atoms. The van der Waals surface area contributed by atoms with Gasteiger partial charge in [-0.2, -0.15) is 0 Å². The van der Waals surface area contributed by atoms with Crippen LogP contribution in [0.15, 0.2) is 36.9 Å². The molecule has 0 aromatic heterocycles. The number of aldehydes is 1. The third-order valence-electron chi connectivity index (χ3n) is 2.02. The lowest BCUT2D eigenvalue weighted by Gasteiger charge is -1.93. The summed E-state index contributed by atoms with van der Waals surface area (Å²) in [5, 5.41) is 0. The van der Waals surface area contributed by atoms with Gasteiger partial charge in [0.05, 0.1) is 0 Å². The predicted molar refractivity (Wildman–Crippen MR) is 62.8 cm³/mol. The van der Waals surface area contributed by atoms with E-state index in [1.807, 2.05) is 24.3 Å². The summed E-state index contributed by atoms with van der Waals surface area (Å²) in [5.74, 6) is 6.06. The van der Waals surface area contributed by atoms with E-state index in [9.17, 15) is 4.79 Å². The molecule has 0 amide bonds. The standard InChI is InChI=1S/C14H14O/c1-2-3-4-5-6-9-13-10-7-8-11-14(13)12-15/h2,7-8,10-12H,1,3-5H2. The van der Waals surface area contributed by atoms with Crippen molar-refractivity contribution in [3.63, 3.8) is 0 Å².